The van der Waals surface area contributed by atoms with E-state index in [9.17, 15) is 0 Å². The van der Waals surface area contributed by atoms with Crippen LogP contribution in [0, 0.1) is 40.8 Å². The largest absolute Gasteiger partial charge is 0 e. The summed E-state index contributed by atoms with van der Waals surface area (Å²) in [4.78, 5) is 0. The summed E-state index contributed by atoms with van der Waals surface area (Å²) in [5.74, 6) is 0. The molecule has 0 aromatic heterocycles. The van der Waals surface area contributed by atoms with E-state index in [-0.39, 0.29) is 57.9 Å². The van der Waals surface area contributed by atoms with Crippen LogP contribution in [0.4, 0.5) is 0 Å². The molecule has 0 heterocycles. The predicted molar refractivity (Wildman–Crippen MR) is 20.4 cm³/mol. The first-order valence-corrected chi connectivity index (χ1v) is 2.94. The third kappa shape index (κ3) is 16.2. The molecular formula is C2H7AsMnNdO. The van der Waals surface area contributed by atoms with Gasteiger partial charge < -0.3 is 0 Å². The second-order valence-corrected chi connectivity index (χ2v) is 1.72. The van der Waals surface area contributed by atoms with Crippen molar-refractivity contribution in [2.24, 2.45) is 0 Å². The van der Waals surface area contributed by atoms with Gasteiger partial charge in [-0.15, -0.1) is 0 Å². The maximum absolute atomic E-state index is 7.89. The normalized spacial score (nSPS) is 5.00. The van der Waals surface area contributed by atoms with Crippen LogP contribution in [0.25, 0.3) is 0 Å². The molecular weight excluding hydrogens is 314 g/mol. The summed E-state index contributed by atoms with van der Waals surface area (Å²) in [6.07, 6.45) is 0. The van der Waals surface area contributed by atoms with E-state index in [1.165, 1.54) is 0 Å². The summed E-state index contributed by atoms with van der Waals surface area (Å²) < 4.78 is 0. The van der Waals surface area contributed by atoms with Gasteiger partial charge >= 0.3 is 33.8 Å². The maximum Gasteiger partial charge on any atom is 0 e. The molecule has 1 atom stereocenters. The van der Waals surface area contributed by atoms with E-state index in [0.29, 0.717) is 6.61 Å². The van der Waals surface area contributed by atoms with Gasteiger partial charge in [-0.05, 0) is 0 Å². The van der Waals surface area contributed by atoms with Crippen LogP contribution in [0.3, 0.4) is 0 Å². The number of aliphatic hydroxyl groups excluding tert-OH is 1. The first-order valence-electron chi connectivity index (χ1n) is 1.22. The quantitative estimate of drug-likeness (QED) is 0.616. The molecule has 1 nitrogen and oxygen atoms in total. The van der Waals surface area contributed by atoms with E-state index >= 15 is 0 Å². The fraction of sp³-hybridized carbons (Fsp3) is 1.00. The van der Waals surface area contributed by atoms with Crippen molar-refractivity contribution in [3.05, 3.63) is 0 Å². The molecule has 0 aliphatic carbocycles. The summed E-state index contributed by atoms with van der Waals surface area (Å²) >= 11 is 1.57. The Labute approximate surface area is 90.1 Å². The predicted octanol–water partition coefficient (Wildman–Crippen LogP) is -0.972. The Balaban J connectivity index is -0.0000000450. The Morgan fingerprint density at radius 3 is 1.67 bits per heavy atom. The molecule has 0 aliphatic heterocycles. The topological polar surface area (TPSA) is 20.2 Å². The van der Waals surface area contributed by atoms with Crippen molar-refractivity contribution in [2.45, 2.75) is 5.21 Å². The van der Waals surface area contributed by atoms with Crippen LogP contribution in [-0.2, 0) is 17.1 Å². The van der Waals surface area contributed by atoms with E-state index in [0.717, 1.165) is 5.21 Å². The van der Waals surface area contributed by atoms with Crippen LogP contribution in [0.15, 0.2) is 0 Å². The molecule has 0 rings (SSSR count). The van der Waals surface area contributed by atoms with Gasteiger partial charge in [-0.1, -0.05) is 0 Å². The minimum absolute atomic E-state index is 0. The number of hydrogen-bond donors (Lipinski definition) is 1. The SMILES string of the molecule is OCC[AsH2].[Mn].[Nd]. The molecule has 6 heavy (non-hydrogen) atoms. The molecule has 4 heteroatoms. The van der Waals surface area contributed by atoms with Crippen LogP contribution in [0.2, 0.25) is 5.21 Å². The molecule has 0 saturated heterocycles. The summed E-state index contributed by atoms with van der Waals surface area (Å²) in [6.45, 7) is 0.347. The van der Waals surface area contributed by atoms with Gasteiger partial charge in [0.15, 0.2) is 0 Å². The van der Waals surface area contributed by atoms with Gasteiger partial charge in [-0.3, -0.25) is 0 Å². The molecule has 0 spiro atoms. The number of hydrogen-bond acceptors (Lipinski definition) is 1. The van der Waals surface area contributed by atoms with Crippen molar-refractivity contribution in [1.29, 1.82) is 0 Å². The van der Waals surface area contributed by atoms with E-state index < -0.39 is 0 Å². The maximum atomic E-state index is 7.89. The second-order valence-electron chi connectivity index (χ2n) is 0.512. The van der Waals surface area contributed by atoms with Gasteiger partial charge in [0.1, 0.15) is 0 Å². The zero-order valence-corrected chi connectivity index (χ0v) is 10.1. The summed E-state index contributed by atoms with van der Waals surface area (Å²) in [7, 11) is 0. The molecule has 1 radical (unpaired) electrons. The second kappa shape index (κ2) is 15.7. The van der Waals surface area contributed by atoms with Gasteiger partial charge in [0, 0.05) is 57.9 Å². The van der Waals surface area contributed by atoms with Crippen molar-refractivity contribution < 1.29 is 63.0 Å². The molecule has 0 aliphatic rings. The standard InChI is InChI=1S/C2H7AsO.Mn.Nd/c3-1-2-4;;/h4H,1-3H2;;. The Hall–Kier alpha value is 2.39. The molecule has 0 saturated carbocycles. The Morgan fingerprint density at radius 2 is 1.67 bits per heavy atom. The molecule has 0 amide bonds. The first kappa shape index (κ1) is 15.8. The van der Waals surface area contributed by atoms with Crippen molar-refractivity contribution >= 4 is 16.9 Å². The van der Waals surface area contributed by atoms with Crippen LogP contribution < -0.4 is 0 Å². The Kier molecular flexibility index (Phi) is 41.2. The molecule has 0 aromatic rings. The molecule has 1 N–H and O–H groups in total. The number of aliphatic hydroxyl groups is 1. The molecule has 0 fully saturated rings. The zero-order chi connectivity index (χ0) is 3.41. The zero-order valence-electron chi connectivity index (χ0n) is 3.32. The van der Waals surface area contributed by atoms with E-state index in [4.69, 9.17) is 5.11 Å². The first-order chi connectivity index (χ1) is 1.91. The smallest absolute Gasteiger partial charge is 0 e. The molecule has 1 unspecified atom stereocenters. The van der Waals surface area contributed by atoms with Gasteiger partial charge in [0.25, 0.3) is 0 Å². The monoisotopic (exact) mass is 319 g/mol. The summed E-state index contributed by atoms with van der Waals surface area (Å²) in [5, 5.41) is 8.83. The van der Waals surface area contributed by atoms with Crippen molar-refractivity contribution in [2.75, 3.05) is 6.61 Å². The molecule has 37 valence electrons. The molecule has 0 aromatic carbocycles. The minimum Gasteiger partial charge on any atom is 0 e. The van der Waals surface area contributed by atoms with Crippen LogP contribution >= 0.6 is 0 Å². The van der Waals surface area contributed by atoms with Crippen LogP contribution in [0.1, 0.15) is 0 Å². The fourth-order valence-electron chi connectivity index (χ4n) is 0. The van der Waals surface area contributed by atoms with Gasteiger partial charge in [0.2, 0.25) is 0 Å². The van der Waals surface area contributed by atoms with Crippen molar-refractivity contribution in [1.82, 2.24) is 0 Å². The van der Waals surface area contributed by atoms with Crippen molar-refractivity contribution in [3.63, 3.8) is 0 Å². The third-order valence-corrected chi connectivity index (χ3v) is 0.671. The average molecular weight is 321 g/mol. The van der Waals surface area contributed by atoms with Gasteiger partial charge in [0.05, 0.1) is 0 Å². The third-order valence-electron chi connectivity index (χ3n) is 0.129. The summed E-state index contributed by atoms with van der Waals surface area (Å²) in [5.41, 5.74) is 0. The minimum atomic E-state index is 0. The Bertz CT molecular complexity index is 15.5. The van der Waals surface area contributed by atoms with Crippen LogP contribution in [0.5, 0.6) is 0 Å². The van der Waals surface area contributed by atoms with Gasteiger partial charge in [-0.25, -0.2) is 0 Å². The van der Waals surface area contributed by atoms with Crippen molar-refractivity contribution in [3.8, 4) is 0 Å². The Morgan fingerprint density at radius 1 is 1.50 bits per heavy atom. The number of rotatable bonds is 1. The van der Waals surface area contributed by atoms with E-state index in [2.05, 4.69) is 0 Å². The average Bonchev–Trinajstić information content (AvgIpc) is 1.37. The fourth-order valence-corrected chi connectivity index (χ4v) is 0. The van der Waals surface area contributed by atoms with Gasteiger partial charge in [-0.2, -0.15) is 0 Å². The summed E-state index contributed by atoms with van der Waals surface area (Å²) in [6, 6.07) is 0. The molecule has 0 bridgehead atoms. The van der Waals surface area contributed by atoms with Crippen LogP contribution in [-0.4, -0.2) is 28.6 Å². The van der Waals surface area contributed by atoms with E-state index in [1.807, 2.05) is 0 Å². The van der Waals surface area contributed by atoms with E-state index in [1.54, 1.807) is 16.9 Å².